The lowest BCUT2D eigenvalue weighted by Crippen LogP contribution is -2.30. The van der Waals surface area contributed by atoms with Gasteiger partial charge >= 0.3 is 5.97 Å². The Labute approximate surface area is 201 Å². The molecule has 0 heterocycles. The zero-order valence-corrected chi connectivity index (χ0v) is 22.0. The third kappa shape index (κ3) is 4.95. The van der Waals surface area contributed by atoms with E-state index in [1.807, 2.05) is 24.3 Å². The lowest BCUT2D eigenvalue weighted by molar-refractivity contribution is 0.0600. The number of esters is 1. The normalized spacial score (nSPS) is 18.8. The summed E-state index contributed by atoms with van der Waals surface area (Å²) < 4.78 is 4.83. The molecule has 0 radical (unpaired) electrons. The average molecular weight is 447 g/mol. The Hall–Kier alpha value is -2.35. The Kier molecular flexibility index (Phi) is 7.56. The van der Waals surface area contributed by atoms with Gasteiger partial charge in [-0.2, -0.15) is 0 Å². The first-order chi connectivity index (χ1) is 15.5. The lowest BCUT2D eigenvalue weighted by Gasteiger charge is -2.32. The predicted octanol–water partition coefficient (Wildman–Crippen LogP) is 8.36. The highest BCUT2D eigenvalue weighted by Gasteiger charge is 2.48. The molecule has 33 heavy (non-hydrogen) atoms. The number of rotatable bonds is 8. The van der Waals surface area contributed by atoms with Crippen molar-refractivity contribution in [2.24, 2.45) is 5.92 Å². The van der Waals surface area contributed by atoms with Crippen molar-refractivity contribution < 1.29 is 9.53 Å². The lowest BCUT2D eigenvalue weighted by atomic mass is 9.71. The van der Waals surface area contributed by atoms with Crippen molar-refractivity contribution in [3.63, 3.8) is 0 Å². The average Bonchev–Trinajstić information content (AvgIpc) is 2.92. The molecule has 0 saturated carbocycles. The van der Waals surface area contributed by atoms with E-state index in [1.54, 1.807) is 0 Å². The Morgan fingerprint density at radius 3 is 2.15 bits per heavy atom. The first-order valence-corrected chi connectivity index (χ1v) is 12.6. The van der Waals surface area contributed by atoms with Crippen molar-refractivity contribution in [1.82, 2.24) is 0 Å². The van der Waals surface area contributed by atoms with Crippen molar-refractivity contribution in [1.29, 1.82) is 0 Å². The fourth-order valence-corrected chi connectivity index (χ4v) is 5.56. The van der Waals surface area contributed by atoms with Gasteiger partial charge in [0.15, 0.2) is 0 Å². The molecule has 178 valence electrons. The van der Waals surface area contributed by atoms with Crippen LogP contribution in [-0.4, -0.2) is 13.1 Å². The molecule has 0 aromatic heterocycles. The van der Waals surface area contributed by atoms with E-state index < -0.39 is 0 Å². The second-order valence-electron chi connectivity index (χ2n) is 11.0. The monoisotopic (exact) mass is 446 g/mol. The quantitative estimate of drug-likeness (QED) is 0.231. The molecule has 0 spiro atoms. The number of hydrogen-bond donors (Lipinski definition) is 0. The van der Waals surface area contributed by atoms with Crippen molar-refractivity contribution in [2.45, 2.75) is 91.4 Å². The van der Waals surface area contributed by atoms with Crippen LogP contribution in [0.25, 0.3) is 11.6 Å². The standard InChI is InChI=1S/C31H42O2/c1-9-10-11-12-13-25-19-27-28(31(6,7)22(3)30(27,4)5)20-26(25)21(2)18-23-14-16-24(17-15-23)29(32)33-8/h14-20,22H,9-13H2,1-8H3/b21-18+. The molecule has 1 aliphatic rings. The molecule has 2 heteroatoms. The van der Waals surface area contributed by atoms with Crippen LogP contribution in [0.5, 0.6) is 0 Å². The van der Waals surface area contributed by atoms with Gasteiger partial charge in [0.05, 0.1) is 12.7 Å². The first-order valence-electron chi connectivity index (χ1n) is 12.6. The third-order valence-electron chi connectivity index (χ3n) is 8.24. The number of aryl methyl sites for hydroxylation is 1. The number of unbranched alkanes of at least 4 members (excludes halogenated alkanes) is 3. The summed E-state index contributed by atoms with van der Waals surface area (Å²) in [7, 11) is 1.42. The highest BCUT2D eigenvalue weighted by molar-refractivity contribution is 5.90. The van der Waals surface area contributed by atoms with E-state index in [4.69, 9.17) is 4.74 Å². The predicted molar refractivity (Wildman–Crippen MR) is 141 cm³/mol. The van der Waals surface area contributed by atoms with Gasteiger partial charge in [-0.05, 0) is 82.0 Å². The summed E-state index contributed by atoms with van der Waals surface area (Å²) in [5.74, 6) is 0.285. The molecule has 0 aliphatic heterocycles. The molecule has 0 fully saturated rings. The van der Waals surface area contributed by atoms with E-state index >= 15 is 0 Å². The highest BCUT2D eigenvalue weighted by Crippen LogP contribution is 2.54. The van der Waals surface area contributed by atoms with Crippen LogP contribution < -0.4 is 0 Å². The van der Waals surface area contributed by atoms with Gasteiger partial charge in [-0.15, -0.1) is 0 Å². The Morgan fingerprint density at radius 2 is 1.58 bits per heavy atom. The van der Waals surface area contributed by atoms with E-state index in [0.29, 0.717) is 11.5 Å². The number of ether oxygens (including phenoxy) is 1. The van der Waals surface area contributed by atoms with E-state index in [0.717, 1.165) is 12.0 Å². The molecule has 2 nitrogen and oxygen atoms in total. The van der Waals surface area contributed by atoms with Crippen LogP contribution >= 0.6 is 0 Å². The number of fused-ring (bicyclic) bond motifs is 1. The Balaban J connectivity index is 2.04. The summed E-state index contributed by atoms with van der Waals surface area (Å²) in [6, 6.07) is 12.7. The number of carbonyl (C=O) groups excluding carboxylic acids is 1. The first kappa shape index (κ1) is 25.3. The molecule has 0 amide bonds. The summed E-state index contributed by atoms with van der Waals surface area (Å²) in [4.78, 5) is 11.8. The summed E-state index contributed by atoms with van der Waals surface area (Å²) >= 11 is 0. The highest BCUT2D eigenvalue weighted by atomic mass is 16.5. The molecule has 2 aromatic carbocycles. The van der Waals surface area contributed by atoms with E-state index in [2.05, 4.69) is 66.7 Å². The van der Waals surface area contributed by atoms with Crippen LogP contribution in [0.15, 0.2) is 36.4 Å². The number of hydrogen-bond acceptors (Lipinski definition) is 2. The maximum absolute atomic E-state index is 11.8. The van der Waals surface area contributed by atoms with Crippen LogP contribution in [0.2, 0.25) is 0 Å². The summed E-state index contributed by atoms with van der Waals surface area (Å²) in [5, 5.41) is 0. The van der Waals surface area contributed by atoms with Crippen LogP contribution in [0.1, 0.15) is 112 Å². The number of allylic oxidation sites excluding steroid dienone is 1. The largest absolute Gasteiger partial charge is 0.465 e. The molecule has 1 aliphatic carbocycles. The van der Waals surface area contributed by atoms with Crippen LogP contribution in [0.4, 0.5) is 0 Å². The smallest absolute Gasteiger partial charge is 0.337 e. The molecular formula is C31H42O2. The Morgan fingerprint density at radius 1 is 0.970 bits per heavy atom. The topological polar surface area (TPSA) is 26.3 Å². The van der Waals surface area contributed by atoms with Gasteiger partial charge in [-0.1, -0.05) is 91.1 Å². The van der Waals surface area contributed by atoms with Crippen LogP contribution in [0.3, 0.4) is 0 Å². The maximum Gasteiger partial charge on any atom is 0.337 e. The summed E-state index contributed by atoms with van der Waals surface area (Å²) in [6.45, 7) is 16.5. The van der Waals surface area contributed by atoms with Gasteiger partial charge in [-0.3, -0.25) is 0 Å². The molecule has 0 saturated heterocycles. The minimum Gasteiger partial charge on any atom is -0.465 e. The van der Waals surface area contributed by atoms with E-state index in [9.17, 15) is 4.79 Å². The minimum atomic E-state index is -0.297. The molecular weight excluding hydrogens is 404 g/mol. The van der Waals surface area contributed by atoms with Gasteiger partial charge in [0.25, 0.3) is 0 Å². The second-order valence-corrected chi connectivity index (χ2v) is 11.0. The minimum absolute atomic E-state index is 0.150. The third-order valence-corrected chi connectivity index (χ3v) is 8.24. The van der Waals surface area contributed by atoms with Crippen LogP contribution in [-0.2, 0) is 22.0 Å². The van der Waals surface area contributed by atoms with E-state index in [1.165, 1.54) is 60.6 Å². The number of benzene rings is 2. The van der Waals surface area contributed by atoms with Crippen molar-refractivity contribution in [2.75, 3.05) is 7.11 Å². The van der Waals surface area contributed by atoms with Crippen molar-refractivity contribution >= 4 is 17.6 Å². The number of methoxy groups -OCH3 is 1. The molecule has 2 aromatic rings. The van der Waals surface area contributed by atoms with Gasteiger partial charge < -0.3 is 4.74 Å². The van der Waals surface area contributed by atoms with Crippen molar-refractivity contribution in [3.05, 3.63) is 69.8 Å². The molecule has 3 rings (SSSR count). The summed E-state index contributed by atoms with van der Waals surface area (Å²) in [5.41, 5.74) is 9.18. The van der Waals surface area contributed by atoms with Crippen LogP contribution in [0, 0.1) is 5.92 Å². The SMILES string of the molecule is CCCCCCc1cc2c(cc1/C(C)=C/c1ccc(C(=O)OC)cc1)C(C)(C)C(C)C2(C)C. The fourth-order valence-electron chi connectivity index (χ4n) is 5.56. The van der Waals surface area contributed by atoms with Gasteiger partial charge in [0, 0.05) is 0 Å². The van der Waals surface area contributed by atoms with Gasteiger partial charge in [-0.25, -0.2) is 4.79 Å². The molecule has 0 N–H and O–H groups in total. The zero-order chi connectivity index (χ0) is 24.4. The summed E-state index contributed by atoms with van der Waals surface area (Å²) in [6.07, 6.45) is 8.46. The molecule has 0 bridgehead atoms. The van der Waals surface area contributed by atoms with Gasteiger partial charge in [0.1, 0.15) is 0 Å². The van der Waals surface area contributed by atoms with E-state index in [-0.39, 0.29) is 16.8 Å². The zero-order valence-electron chi connectivity index (χ0n) is 22.0. The fraction of sp³-hybridized carbons (Fsp3) is 0.516. The maximum atomic E-state index is 11.8. The molecule has 1 atom stereocenters. The number of carbonyl (C=O) groups is 1. The Bertz CT molecular complexity index is 1020. The van der Waals surface area contributed by atoms with Crippen molar-refractivity contribution in [3.8, 4) is 0 Å². The van der Waals surface area contributed by atoms with Gasteiger partial charge in [0.2, 0.25) is 0 Å². The second kappa shape index (κ2) is 9.87. The molecule has 1 unspecified atom stereocenters.